The van der Waals surface area contributed by atoms with E-state index in [9.17, 15) is 14.4 Å². The fourth-order valence-corrected chi connectivity index (χ4v) is 3.43. The van der Waals surface area contributed by atoms with Gasteiger partial charge in [-0.05, 0) is 42.3 Å². The minimum atomic E-state index is -0.381. The van der Waals surface area contributed by atoms with E-state index in [-0.39, 0.29) is 36.7 Å². The lowest BCUT2D eigenvalue weighted by Crippen LogP contribution is -2.30. The minimum Gasteiger partial charge on any atom is -0.347 e. The summed E-state index contributed by atoms with van der Waals surface area (Å²) < 4.78 is 2.88. The Morgan fingerprint density at radius 3 is 2.19 bits per heavy atom. The number of pyridine rings is 2. The summed E-state index contributed by atoms with van der Waals surface area (Å²) in [5.74, 6) is -0.381. The van der Waals surface area contributed by atoms with E-state index in [4.69, 9.17) is 28.6 Å². The van der Waals surface area contributed by atoms with Gasteiger partial charge in [-0.3, -0.25) is 14.4 Å². The van der Waals surface area contributed by atoms with E-state index >= 15 is 0 Å². The van der Waals surface area contributed by atoms with E-state index in [0.29, 0.717) is 32.4 Å². The van der Waals surface area contributed by atoms with Crippen molar-refractivity contribution < 1.29 is 4.79 Å². The summed E-state index contributed by atoms with van der Waals surface area (Å²) in [4.78, 5) is 36.5. The molecule has 2 heterocycles. The van der Waals surface area contributed by atoms with Gasteiger partial charge in [0.05, 0.1) is 25.2 Å². The van der Waals surface area contributed by atoms with Gasteiger partial charge in [0.2, 0.25) is 0 Å². The second-order valence-electron chi connectivity index (χ2n) is 7.05. The Morgan fingerprint density at radius 1 is 0.968 bits per heavy atom. The molecule has 7 nitrogen and oxygen atoms in total. The zero-order valence-electron chi connectivity index (χ0n) is 16.7. The van der Waals surface area contributed by atoms with Crippen LogP contribution < -0.4 is 16.4 Å². The number of halogens is 2. The number of amides is 1. The monoisotopic (exact) mass is 458 g/mol. The number of carbonyl (C=O) groups excluding carboxylic acids is 1. The predicted molar refractivity (Wildman–Crippen MR) is 122 cm³/mol. The van der Waals surface area contributed by atoms with Gasteiger partial charge in [0.25, 0.3) is 17.0 Å². The Bertz CT molecular complexity index is 1260. The summed E-state index contributed by atoms with van der Waals surface area (Å²) in [6.45, 7) is 2.10. The number of nitrogens with zero attached hydrogens (tertiary/aromatic N) is 2. The molecule has 1 amide bonds. The third-order valence-corrected chi connectivity index (χ3v) is 5.26. The molecule has 2 N–H and O–H groups in total. The molecule has 0 radical (unpaired) electrons. The van der Waals surface area contributed by atoms with Crippen LogP contribution in [0.25, 0.3) is 0 Å². The lowest BCUT2D eigenvalue weighted by molar-refractivity contribution is 0.0958. The molecule has 0 bridgehead atoms. The van der Waals surface area contributed by atoms with Gasteiger partial charge in [0.1, 0.15) is 0 Å². The van der Waals surface area contributed by atoms with E-state index in [1.807, 2.05) is 0 Å². The number of nitrogens with one attached hydrogen (secondary N) is 2. The number of hydrogen-bond donors (Lipinski definition) is 2. The van der Waals surface area contributed by atoms with Crippen LogP contribution in [-0.2, 0) is 13.1 Å². The highest BCUT2D eigenvalue weighted by Crippen LogP contribution is 2.26. The van der Waals surface area contributed by atoms with Crippen LogP contribution in [-0.4, -0.2) is 27.3 Å². The van der Waals surface area contributed by atoms with Crippen LogP contribution >= 0.6 is 23.2 Å². The van der Waals surface area contributed by atoms with Gasteiger partial charge in [-0.1, -0.05) is 29.3 Å². The average molecular weight is 459 g/mol. The summed E-state index contributed by atoms with van der Waals surface area (Å²) in [5.41, 5.74) is 1.44. The smallest absolute Gasteiger partial charge is 0.253 e. The van der Waals surface area contributed by atoms with Crippen molar-refractivity contribution in [3.63, 3.8) is 0 Å². The predicted octanol–water partition coefficient (Wildman–Crippen LogP) is 3.18. The van der Waals surface area contributed by atoms with Crippen LogP contribution in [0, 0.1) is 5.41 Å². The van der Waals surface area contributed by atoms with Crippen molar-refractivity contribution in [2.75, 3.05) is 6.54 Å². The molecule has 0 spiro atoms. The lowest BCUT2D eigenvalue weighted by Gasteiger charge is -2.13. The highest BCUT2D eigenvalue weighted by molar-refractivity contribution is 6.34. The van der Waals surface area contributed by atoms with Gasteiger partial charge < -0.3 is 19.9 Å². The fraction of sp³-hybridized carbons (Fsp3) is 0.182. The topological polar surface area (TPSA) is 97.0 Å². The first-order valence-corrected chi connectivity index (χ1v) is 10.1. The molecule has 0 atom stereocenters. The molecule has 9 heteroatoms. The molecule has 3 aromatic rings. The lowest BCUT2D eigenvalue weighted by atomic mass is 10.1. The molecule has 0 aliphatic carbocycles. The van der Waals surface area contributed by atoms with E-state index in [0.717, 1.165) is 0 Å². The first kappa shape index (κ1) is 22.5. The van der Waals surface area contributed by atoms with Crippen LogP contribution in [0.5, 0.6) is 0 Å². The van der Waals surface area contributed by atoms with Crippen molar-refractivity contribution in [1.82, 2.24) is 14.5 Å². The van der Waals surface area contributed by atoms with Gasteiger partial charge in [-0.15, -0.1) is 0 Å². The van der Waals surface area contributed by atoms with Crippen molar-refractivity contribution in [1.29, 1.82) is 5.41 Å². The first-order valence-electron chi connectivity index (χ1n) is 9.39. The largest absolute Gasteiger partial charge is 0.347 e. The summed E-state index contributed by atoms with van der Waals surface area (Å²) in [7, 11) is 0. The first-order chi connectivity index (χ1) is 14.7. The van der Waals surface area contributed by atoms with Crippen molar-refractivity contribution in [2.45, 2.75) is 20.0 Å². The minimum absolute atomic E-state index is 0.119. The molecule has 3 rings (SSSR count). The number of aromatic nitrogens is 2. The van der Waals surface area contributed by atoms with Gasteiger partial charge in [0, 0.05) is 40.3 Å². The maximum Gasteiger partial charge on any atom is 0.253 e. The number of benzene rings is 1. The van der Waals surface area contributed by atoms with E-state index in [2.05, 4.69) is 5.32 Å². The van der Waals surface area contributed by atoms with E-state index in [1.54, 1.807) is 37.4 Å². The third-order valence-electron chi connectivity index (χ3n) is 4.56. The Balaban J connectivity index is 1.85. The zero-order chi connectivity index (χ0) is 22.5. The summed E-state index contributed by atoms with van der Waals surface area (Å²) in [5, 5.41) is 10.8. The number of carbonyl (C=O) groups is 1. The van der Waals surface area contributed by atoms with E-state index < -0.39 is 0 Å². The van der Waals surface area contributed by atoms with Gasteiger partial charge in [0.15, 0.2) is 0 Å². The Labute approximate surface area is 188 Å². The Hall–Kier alpha value is -3.16. The second kappa shape index (κ2) is 9.76. The molecule has 0 aliphatic rings. The van der Waals surface area contributed by atoms with Crippen molar-refractivity contribution >= 4 is 34.8 Å². The average Bonchev–Trinajstić information content (AvgIpc) is 2.73. The number of rotatable bonds is 7. The maximum atomic E-state index is 12.3. The van der Waals surface area contributed by atoms with Crippen LogP contribution in [0.3, 0.4) is 0 Å². The molecule has 0 saturated carbocycles. The van der Waals surface area contributed by atoms with Crippen LogP contribution in [0.2, 0.25) is 10.0 Å². The molecule has 0 saturated heterocycles. The van der Waals surface area contributed by atoms with Crippen LogP contribution in [0.15, 0.2) is 64.4 Å². The van der Waals surface area contributed by atoms with Crippen molar-refractivity contribution in [3.05, 3.63) is 102 Å². The second-order valence-corrected chi connectivity index (χ2v) is 7.86. The van der Waals surface area contributed by atoms with Crippen molar-refractivity contribution in [2.24, 2.45) is 0 Å². The quantitative estimate of drug-likeness (QED) is 0.531. The fourth-order valence-electron chi connectivity index (χ4n) is 2.93. The molecular weight excluding hydrogens is 439 g/mol. The summed E-state index contributed by atoms with van der Waals surface area (Å²) in [6, 6.07) is 10.9. The Morgan fingerprint density at radius 2 is 1.58 bits per heavy atom. The third kappa shape index (κ3) is 5.71. The molecule has 2 aromatic heterocycles. The highest BCUT2D eigenvalue weighted by atomic mass is 35.5. The normalized spacial score (nSPS) is 10.7. The standard InChI is InChI=1S/C22H20Cl2N4O3/c1-14(25)10-26-22(31)15-5-6-21(30)28(11-15)13-17-9-18(23)16(8-19(17)24)12-27-7-3-2-4-20(27)29/h2-9,11,25H,10,12-13H2,1H3,(H,26,31). The zero-order valence-corrected chi connectivity index (χ0v) is 18.2. The molecule has 0 unspecified atom stereocenters. The van der Waals surface area contributed by atoms with Crippen LogP contribution in [0.1, 0.15) is 28.4 Å². The molecule has 1 aromatic carbocycles. The SMILES string of the molecule is CC(=N)CNC(=O)c1ccc(=O)n(Cc2cc(Cl)c(Cn3ccccc3=O)cc2Cl)c1. The molecular formula is C22H20Cl2N4O3. The van der Waals surface area contributed by atoms with Gasteiger partial charge in [-0.2, -0.15) is 0 Å². The van der Waals surface area contributed by atoms with Crippen LogP contribution in [0.4, 0.5) is 0 Å². The summed E-state index contributed by atoms with van der Waals surface area (Å²) in [6.07, 6.45) is 3.11. The molecule has 0 fully saturated rings. The van der Waals surface area contributed by atoms with Gasteiger partial charge in [-0.25, -0.2) is 0 Å². The van der Waals surface area contributed by atoms with E-state index in [1.165, 1.54) is 33.5 Å². The van der Waals surface area contributed by atoms with Crippen molar-refractivity contribution in [3.8, 4) is 0 Å². The maximum absolute atomic E-state index is 12.3. The molecule has 160 valence electrons. The number of hydrogen-bond acceptors (Lipinski definition) is 4. The highest BCUT2D eigenvalue weighted by Gasteiger charge is 2.12. The van der Waals surface area contributed by atoms with Gasteiger partial charge >= 0.3 is 0 Å². The summed E-state index contributed by atoms with van der Waals surface area (Å²) >= 11 is 12.8. The Kier molecular flexibility index (Phi) is 7.09. The molecule has 31 heavy (non-hydrogen) atoms. The molecule has 0 aliphatic heterocycles.